The first-order valence-electron chi connectivity index (χ1n) is 13.9. The van der Waals surface area contributed by atoms with Gasteiger partial charge in [-0.1, -0.05) is 6.07 Å². The molecular weight excluding hydrogens is 545 g/mol. The average Bonchev–Trinajstić information content (AvgIpc) is 3.52. The maximum absolute atomic E-state index is 14.6. The van der Waals surface area contributed by atoms with Crippen molar-refractivity contribution in [1.82, 2.24) is 34.7 Å². The summed E-state index contributed by atoms with van der Waals surface area (Å²) >= 11 is 0. The number of carbonyl (C=O) groups is 3. The van der Waals surface area contributed by atoms with Gasteiger partial charge in [0.1, 0.15) is 11.4 Å². The molecule has 0 atom stereocenters. The van der Waals surface area contributed by atoms with E-state index < -0.39 is 23.4 Å². The molecule has 13 heteroatoms. The van der Waals surface area contributed by atoms with Crippen molar-refractivity contribution in [3.05, 3.63) is 63.8 Å². The molecule has 0 radical (unpaired) electrons. The number of hydrogen-bond acceptors (Lipinski definition) is 7. The molecule has 3 amide bonds. The molecule has 0 spiro atoms. The van der Waals surface area contributed by atoms with Gasteiger partial charge in [-0.2, -0.15) is 5.10 Å². The molecule has 3 saturated carbocycles. The first-order chi connectivity index (χ1) is 20.0. The number of halogens is 1. The highest BCUT2D eigenvalue weighted by Crippen LogP contribution is 2.57. The highest BCUT2D eigenvalue weighted by atomic mass is 19.1. The van der Waals surface area contributed by atoms with Crippen LogP contribution in [0.15, 0.2) is 39.7 Å². The van der Waals surface area contributed by atoms with Crippen molar-refractivity contribution >= 4 is 34.5 Å². The zero-order chi connectivity index (χ0) is 29.8. The summed E-state index contributed by atoms with van der Waals surface area (Å²) in [6.45, 7) is 0.511. The third-order valence-electron chi connectivity index (χ3n) is 9.09. The fourth-order valence-electron chi connectivity index (χ4n) is 6.45. The van der Waals surface area contributed by atoms with Crippen LogP contribution in [0.1, 0.15) is 65.1 Å². The van der Waals surface area contributed by atoms with Crippen molar-refractivity contribution in [3.63, 3.8) is 0 Å². The van der Waals surface area contributed by atoms with Gasteiger partial charge in [0.15, 0.2) is 17.0 Å². The van der Waals surface area contributed by atoms with Gasteiger partial charge in [-0.15, -0.1) is 0 Å². The van der Waals surface area contributed by atoms with Crippen LogP contribution in [0.4, 0.5) is 4.39 Å². The third kappa shape index (κ3) is 4.62. The second-order valence-electron chi connectivity index (χ2n) is 11.8. The summed E-state index contributed by atoms with van der Waals surface area (Å²) in [5.41, 5.74) is 0.929. The minimum Gasteiger partial charge on any atom is -0.408 e. The largest absolute Gasteiger partial charge is 0.419 e. The number of fused-ring (bicyclic) bond motifs is 5. The smallest absolute Gasteiger partial charge is 0.408 e. The minimum absolute atomic E-state index is 0.0102. The van der Waals surface area contributed by atoms with Crippen LogP contribution in [0.25, 0.3) is 16.7 Å². The molecule has 0 aliphatic heterocycles. The standard InChI is InChI=1S/C29H32FN7O5/c1-35(2)26(40)29-9-6-28(7-10-29,8-11-29)16-32-25(39)21-13-19(34-23-18(30)15-33-37(21)23)24(38)31-14-17-4-5-22-20(12-17)36(3)27(41)42-22/h4-5,12-13,15H,6-11,14,16H2,1-3H3,(H,31,38)(H,32,39). The highest BCUT2D eigenvalue weighted by molar-refractivity contribution is 5.98. The molecule has 1 aromatic carbocycles. The van der Waals surface area contributed by atoms with E-state index in [1.807, 2.05) is 0 Å². The summed E-state index contributed by atoms with van der Waals surface area (Å²) in [6, 6.07) is 6.38. The van der Waals surface area contributed by atoms with Gasteiger partial charge in [0.25, 0.3) is 11.8 Å². The van der Waals surface area contributed by atoms with Crippen LogP contribution >= 0.6 is 0 Å². The monoisotopic (exact) mass is 577 g/mol. The minimum atomic E-state index is -0.759. The molecule has 2 bridgehead atoms. The number of rotatable bonds is 7. The van der Waals surface area contributed by atoms with Crippen LogP contribution in [0, 0.1) is 16.6 Å². The Bertz CT molecular complexity index is 1780. The van der Waals surface area contributed by atoms with Gasteiger partial charge in [0.2, 0.25) is 5.91 Å². The van der Waals surface area contributed by atoms with Gasteiger partial charge in [0.05, 0.1) is 11.7 Å². The summed E-state index contributed by atoms with van der Waals surface area (Å²) in [4.78, 5) is 56.8. The second-order valence-corrected chi connectivity index (χ2v) is 11.8. The van der Waals surface area contributed by atoms with Crippen molar-refractivity contribution < 1.29 is 23.2 Å². The first kappa shape index (κ1) is 27.6. The van der Waals surface area contributed by atoms with Gasteiger partial charge in [-0.25, -0.2) is 18.7 Å². The first-order valence-corrected chi connectivity index (χ1v) is 13.9. The Morgan fingerprint density at radius 2 is 1.76 bits per heavy atom. The molecule has 7 rings (SSSR count). The van der Waals surface area contributed by atoms with Crippen LogP contribution in [-0.4, -0.2) is 62.4 Å². The molecule has 3 heterocycles. The van der Waals surface area contributed by atoms with Crippen LogP contribution in [0.2, 0.25) is 0 Å². The summed E-state index contributed by atoms with van der Waals surface area (Å²) in [6.07, 6.45) is 5.82. The van der Waals surface area contributed by atoms with Gasteiger partial charge in [-0.3, -0.25) is 19.0 Å². The summed E-state index contributed by atoms with van der Waals surface area (Å²) in [5.74, 6) is -2.17. The van der Waals surface area contributed by atoms with E-state index in [4.69, 9.17) is 4.42 Å². The van der Waals surface area contributed by atoms with Crippen molar-refractivity contribution in [2.75, 3.05) is 20.6 Å². The molecule has 4 aromatic rings. The fourth-order valence-corrected chi connectivity index (χ4v) is 6.45. The van der Waals surface area contributed by atoms with Crippen LogP contribution in [-0.2, 0) is 18.4 Å². The normalized spacial score (nSPS) is 21.5. The summed E-state index contributed by atoms with van der Waals surface area (Å²) < 4.78 is 22.1. The molecule has 0 unspecified atom stereocenters. The summed E-state index contributed by atoms with van der Waals surface area (Å²) in [5, 5.41) is 9.69. The van der Waals surface area contributed by atoms with E-state index in [9.17, 15) is 23.6 Å². The highest BCUT2D eigenvalue weighted by Gasteiger charge is 2.52. The van der Waals surface area contributed by atoms with Crippen molar-refractivity contribution in [2.24, 2.45) is 17.9 Å². The molecule has 2 N–H and O–H groups in total. The number of benzene rings is 1. The molecule has 0 saturated heterocycles. The van der Waals surface area contributed by atoms with E-state index in [1.54, 1.807) is 44.2 Å². The molecule has 3 aliphatic carbocycles. The lowest BCUT2D eigenvalue weighted by molar-refractivity contribution is -0.149. The van der Waals surface area contributed by atoms with Crippen molar-refractivity contribution in [1.29, 1.82) is 0 Å². The molecule has 3 aromatic heterocycles. The van der Waals surface area contributed by atoms with Crippen LogP contribution < -0.4 is 16.4 Å². The number of hydrogen-bond donors (Lipinski definition) is 2. The maximum atomic E-state index is 14.6. The Hall–Kier alpha value is -4.55. The van der Waals surface area contributed by atoms with Gasteiger partial charge < -0.3 is 20.0 Å². The topological polar surface area (TPSA) is 144 Å². The summed E-state index contributed by atoms with van der Waals surface area (Å²) in [7, 11) is 5.17. The lowest BCUT2D eigenvalue weighted by Crippen LogP contribution is -2.52. The number of oxazole rings is 1. The van der Waals surface area contributed by atoms with E-state index in [1.165, 1.54) is 10.6 Å². The maximum Gasteiger partial charge on any atom is 0.419 e. The average molecular weight is 578 g/mol. The van der Waals surface area contributed by atoms with E-state index in [0.29, 0.717) is 23.2 Å². The molecular formula is C29H32FN7O5. The Morgan fingerprint density at radius 3 is 2.45 bits per heavy atom. The molecule has 3 aliphatic rings. The van der Waals surface area contributed by atoms with Gasteiger partial charge >= 0.3 is 5.76 Å². The van der Waals surface area contributed by atoms with Crippen LogP contribution in [0.3, 0.4) is 0 Å². The Balaban J connectivity index is 1.17. The SMILES string of the molecule is CN(C)C(=O)C12CCC(CNC(=O)c3cc(C(=O)NCc4ccc5oc(=O)n(C)c5c4)nc4c(F)cnn34)(CC1)CC2. The third-order valence-corrected chi connectivity index (χ3v) is 9.09. The van der Waals surface area contributed by atoms with Gasteiger partial charge in [0, 0.05) is 45.7 Å². The van der Waals surface area contributed by atoms with Crippen LogP contribution in [0.5, 0.6) is 0 Å². The molecule has 220 valence electrons. The predicted molar refractivity (Wildman–Crippen MR) is 149 cm³/mol. The zero-order valence-electron chi connectivity index (χ0n) is 23.7. The lowest BCUT2D eigenvalue weighted by atomic mass is 9.53. The number of aryl methyl sites for hydroxylation is 1. The number of amides is 3. The van der Waals surface area contributed by atoms with Crippen molar-refractivity contribution in [3.8, 4) is 0 Å². The lowest BCUT2D eigenvalue weighted by Gasteiger charge is -2.53. The Morgan fingerprint density at radius 1 is 1.05 bits per heavy atom. The molecule has 42 heavy (non-hydrogen) atoms. The number of aromatic nitrogens is 4. The molecule has 3 fully saturated rings. The number of nitrogens with zero attached hydrogens (tertiary/aromatic N) is 5. The van der Waals surface area contributed by atoms with E-state index in [-0.39, 0.29) is 40.3 Å². The number of carbonyl (C=O) groups excluding carboxylic acids is 3. The molecule has 12 nitrogen and oxygen atoms in total. The Kier molecular flexibility index (Phi) is 6.62. The predicted octanol–water partition coefficient (Wildman–Crippen LogP) is 2.40. The number of nitrogens with one attached hydrogen (secondary N) is 2. The Labute approximate surface area is 239 Å². The van der Waals surface area contributed by atoms with E-state index >= 15 is 0 Å². The van der Waals surface area contributed by atoms with E-state index in [0.717, 1.165) is 49.2 Å². The zero-order valence-corrected chi connectivity index (χ0v) is 23.7. The van der Waals surface area contributed by atoms with Gasteiger partial charge in [-0.05, 0) is 61.6 Å². The quantitative estimate of drug-likeness (QED) is 0.343. The second kappa shape index (κ2) is 10.1. The van der Waals surface area contributed by atoms with E-state index in [2.05, 4.69) is 20.7 Å². The van der Waals surface area contributed by atoms with Crippen molar-refractivity contribution in [2.45, 2.75) is 45.1 Å². The fraction of sp³-hybridized carbons (Fsp3) is 0.448.